The van der Waals surface area contributed by atoms with Gasteiger partial charge >= 0.3 is 5.97 Å². The number of hydrogen-bond acceptors (Lipinski definition) is 3. The number of nitrogens with zero attached hydrogens (tertiary/aromatic N) is 1. The van der Waals surface area contributed by atoms with Crippen molar-refractivity contribution < 1.29 is 14.6 Å². The quantitative estimate of drug-likeness (QED) is 0.377. The molecule has 5 heteroatoms. The van der Waals surface area contributed by atoms with Crippen LogP contribution in [0.5, 0.6) is 0 Å². The summed E-state index contributed by atoms with van der Waals surface area (Å²) in [6.07, 6.45) is 3.41. The van der Waals surface area contributed by atoms with Crippen molar-refractivity contribution >= 4 is 11.8 Å². The third kappa shape index (κ3) is 2.91. The lowest BCUT2D eigenvalue weighted by Crippen LogP contribution is -2.16. The minimum Gasteiger partial charge on any atom is -0.380 e. The van der Waals surface area contributed by atoms with Gasteiger partial charge in [0, 0.05) is 17.7 Å². The Morgan fingerprint density at radius 1 is 1.06 bits per heavy atom. The molecule has 0 amide bonds. The first-order valence-electron chi connectivity index (χ1n) is 5.34. The number of carbonyl (C=O) groups is 1. The molecule has 1 aromatic carbocycles. The summed E-state index contributed by atoms with van der Waals surface area (Å²) < 4.78 is 0. The molecule has 2 rings (SSSR count). The van der Waals surface area contributed by atoms with Crippen LogP contribution in [0, 0.1) is 0 Å². The van der Waals surface area contributed by atoms with Crippen molar-refractivity contribution in [2.75, 3.05) is 0 Å². The fraction of sp³-hybridized carbons (Fsp3) is 0. The SMILES string of the molecule is NC(=NOC(=O)c1ccccc1)c1cc[nH+]cc1. The highest BCUT2D eigenvalue weighted by molar-refractivity contribution is 5.97. The third-order valence-electron chi connectivity index (χ3n) is 2.25. The standard InChI is InChI=1S/C13H11N3O2/c14-12(10-6-8-15-9-7-10)16-18-13(17)11-4-2-1-3-5-11/h1-9H,(H2,14,16)/p+1. The zero-order valence-electron chi connectivity index (χ0n) is 9.54. The first-order chi connectivity index (χ1) is 8.77. The number of amidine groups is 1. The molecule has 0 bridgehead atoms. The first kappa shape index (κ1) is 11.8. The average Bonchev–Trinajstić information content (AvgIpc) is 2.46. The Bertz CT molecular complexity index is 553. The molecule has 3 N–H and O–H groups in total. The lowest BCUT2D eigenvalue weighted by Gasteiger charge is -1.99. The molecule has 18 heavy (non-hydrogen) atoms. The van der Waals surface area contributed by atoms with Gasteiger partial charge in [-0.1, -0.05) is 23.4 Å². The van der Waals surface area contributed by atoms with Gasteiger partial charge in [-0.15, -0.1) is 0 Å². The van der Waals surface area contributed by atoms with Gasteiger partial charge in [0.15, 0.2) is 18.2 Å². The van der Waals surface area contributed by atoms with Crippen LogP contribution in [0.1, 0.15) is 15.9 Å². The number of nitrogens with two attached hydrogens (primary N) is 1. The zero-order valence-corrected chi connectivity index (χ0v) is 9.54. The van der Waals surface area contributed by atoms with Gasteiger partial charge in [0.1, 0.15) is 0 Å². The summed E-state index contributed by atoms with van der Waals surface area (Å²) in [5.41, 5.74) is 6.78. The van der Waals surface area contributed by atoms with Crippen LogP contribution < -0.4 is 10.7 Å². The Hall–Kier alpha value is -2.69. The number of rotatable bonds is 3. The average molecular weight is 242 g/mol. The van der Waals surface area contributed by atoms with Gasteiger partial charge in [-0.25, -0.2) is 9.78 Å². The second-order valence-corrected chi connectivity index (χ2v) is 3.51. The van der Waals surface area contributed by atoms with Crippen molar-refractivity contribution in [1.82, 2.24) is 0 Å². The monoisotopic (exact) mass is 242 g/mol. The number of carbonyl (C=O) groups excluding carboxylic acids is 1. The van der Waals surface area contributed by atoms with Gasteiger partial charge in [0.05, 0.1) is 5.56 Å². The van der Waals surface area contributed by atoms with Gasteiger partial charge in [-0.2, -0.15) is 0 Å². The molecule has 0 unspecified atom stereocenters. The summed E-state index contributed by atoms with van der Waals surface area (Å²) in [5.74, 6) is -0.394. The van der Waals surface area contributed by atoms with E-state index in [1.54, 1.807) is 48.8 Å². The molecule has 0 radical (unpaired) electrons. The van der Waals surface area contributed by atoms with Crippen LogP contribution in [0.15, 0.2) is 60.0 Å². The number of pyridine rings is 1. The molecule has 0 atom stereocenters. The van der Waals surface area contributed by atoms with E-state index in [0.717, 1.165) is 0 Å². The van der Waals surface area contributed by atoms with Crippen molar-refractivity contribution in [2.24, 2.45) is 10.9 Å². The van der Waals surface area contributed by atoms with Crippen molar-refractivity contribution in [2.45, 2.75) is 0 Å². The molecule has 1 aromatic heterocycles. The van der Waals surface area contributed by atoms with Gasteiger partial charge < -0.3 is 10.6 Å². The first-order valence-corrected chi connectivity index (χ1v) is 5.34. The molecular formula is C13H12N3O2+. The maximum absolute atomic E-state index is 11.6. The fourth-order valence-corrected chi connectivity index (χ4v) is 1.33. The van der Waals surface area contributed by atoms with E-state index in [0.29, 0.717) is 11.1 Å². The second kappa shape index (κ2) is 5.58. The van der Waals surface area contributed by atoms with Crippen LogP contribution in [0.3, 0.4) is 0 Å². The van der Waals surface area contributed by atoms with E-state index in [9.17, 15) is 4.79 Å². The summed E-state index contributed by atoms with van der Waals surface area (Å²) in [5, 5.41) is 3.60. The molecule has 0 aliphatic rings. The molecule has 90 valence electrons. The van der Waals surface area contributed by atoms with E-state index in [2.05, 4.69) is 10.1 Å². The van der Waals surface area contributed by atoms with Crippen LogP contribution in [-0.4, -0.2) is 11.8 Å². The largest absolute Gasteiger partial charge is 0.380 e. The molecule has 0 saturated carbocycles. The van der Waals surface area contributed by atoms with E-state index in [-0.39, 0.29) is 5.84 Å². The predicted octanol–water partition coefficient (Wildman–Crippen LogP) is 0.978. The van der Waals surface area contributed by atoms with Crippen LogP contribution in [0.25, 0.3) is 0 Å². The van der Waals surface area contributed by atoms with Crippen molar-refractivity contribution in [3.8, 4) is 0 Å². The maximum atomic E-state index is 11.6. The van der Waals surface area contributed by atoms with E-state index in [1.165, 1.54) is 0 Å². The van der Waals surface area contributed by atoms with E-state index >= 15 is 0 Å². The number of benzene rings is 1. The molecule has 0 fully saturated rings. The zero-order chi connectivity index (χ0) is 12.8. The number of nitrogens with one attached hydrogen (secondary N) is 1. The molecule has 1 heterocycles. The van der Waals surface area contributed by atoms with E-state index < -0.39 is 5.97 Å². The lowest BCUT2D eigenvalue weighted by atomic mass is 10.2. The summed E-state index contributed by atoms with van der Waals surface area (Å²) in [7, 11) is 0. The number of hydrogen-bond donors (Lipinski definition) is 1. The van der Waals surface area contributed by atoms with Crippen molar-refractivity contribution in [3.05, 3.63) is 66.0 Å². The molecule has 0 aliphatic heterocycles. The molecule has 0 aliphatic carbocycles. The Morgan fingerprint density at radius 2 is 1.72 bits per heavy atom. The topological polar surface area (TPSA) is 78.8 Å². The van der Waals surface area contributed by atoms with Gasteiger partial charge in [-0.05, 0) is 12.1 Å². The second-order valence-electron chi connectivity index (χ2n) is 3.51. The molecule has 5 nitrogen and oxygen atoms in total. The Morgan fingerprint density at radius 3 is 2.39 bits per heavy atom. The lowest BCUT2D eigenvalue weighted by molar-refractivity contribution is -0.378. The highest BCUT2D eigenvalue weighted by atomic mass is 16.7. The van der Waals surface area contributed by atoms with E-state index in [1.807, 2.05) is 6.07 Å². The number of aromatic nitrogens is 1. The normalized spacial score (nSPS) is 11.0. The Labute approximate surface area is 104 Å². The van der Waals surface area contributed by atoms with Gasteiger partial charge in [-0.3, -0.25) is 0 Å². The Kier molecular flexibility index (Phi) is 3.66. The fourth-order valence-electron chi connectivity index (χ4n) is 1.33. The highest BCUT2D eigenvalue weighted by Gasteiger charge is 2.07. The molecular weight excluding hydrogens is 230 g/mol. The maximum Gasteiger partial charge on any atom is 0.365 e. The minimum absolute atomic E-state index is 0.147. The van der Waals surface area contributed by atoms with Gasteiger partial charge in [0.2, 0.25) is 0 Å². The number of aromatic amines is 1. The number of H-pyrrole nitrogens is 1. The van der Waals surface area contributed by atoms with E-state index in [4.69, 9.17) is 10.6 Å². The van der Waals surface area contributed by atoms with Crippen LogP contribution in [0.4, 0.5) is 0 Å². The smallest absolute Gasteiger partial charge is 0.365 e. The molecule has 0 spiro atoms. The predicted molar refractivity (Wildman–Crippen MR) is 65.6 cm³/mol. The van der Waals surface area contributed by atoms with Crippen molar-refractivity contribution in [1.29, 1.82) is 0 Å². The molecule has 0 saturated heterocycles. The third-order valence-corrected chi connectivity index (χ3v) is 2.25. The minimum atomic E-state index is -0.541. The van der Waals surface area contributed by atoms with Crippen LogP contribution >= 0.6 is 0 Å². The van der Waals surface area contributed by atoms with Crippen LogP contribution in [0.2, 0.25) is 0 Å². The van der Waals surface area contributed by atoms with Crippen LogP contribution in [-0.2, 0) is 4.84 Å². The summed E-state index contributed by atoms with van der Waals surface area (Å²) in [4.78, 5) is 19.2. The summed E-state index contributed by atoms with van der Waals surface area (Å²) in [6.45, 7) is 0. The Balaban J connectivity index is 2.05. The van der Waals surface area contributed by atoms with Gasteiger partial charge in [0.25, 0.3) is 0 Å². The molecule has 2 aromatic rings. The summed E-state index contributed by atoms with van der Waals surface area (Å²) in [6, 6.07) is 12.1. The number of oxime groups is 1. The summed E-state index contributed by atoms with van der Waals surface area (Å²) >= 11 is 0. The van der Waals surface area contributed by atoms with Crippen molar-refractivity contribution in [3.63, 3.8) is 0 Å². The highest BCUT2D eigenvalue weighted by Crippen LogP contribution is 2.02.